The highest BCUT2D eigenvalue weighted by molar-refractivity contribution is 7.15. The van der Waals surface area contributed by atoms with E-state index in [9.17, 15) is 4.79 Å². The molecule has 8 heteroatoms. The van der Waals surface area contributed by atoms with Crippen molar-refractivity contribution >= 4 is 16.5 Å². The first-order valence-electron chi connectivity index (χ1n) is 8.92. The lowest BCUT2D eigenvalue weighted by atomic mass is 9.91. The van der Waals surface area contributed by atoms with E-state index in [2.05, 4.69) is 20.6 Å². The highest BCUT2D eigenvalue weighted by Gasteiger charge is 2.26. The van der Waals surface area contributed by atoms with Gasteiger partial charge in [-0.3, -0.25) is 4.79 Å². The molecule has 2 aromatic heterocycles. The molecule has 1 N–H and O–H groups in total. The van der Waals surface area contributed by atoms with Crippen LogP contribution >= 0.6 is 11.3 Å². The normalized spacial score (nSPS) is 22.8. The van der Waals surface area contributed by atoms with Crippen molar-refractivity contribution in [3.05, 3.63) is 32.7 Å². The quantitative estimate of drug-likeness (QED) is 0.880. The first kappa shape index (κ1) is 16.7. The average molecular weight is 361 g/mol. The zero-order valence-electron chi connectivity index (χ0n) is 14.4. The summed E-state index contributed by atoms with van der Waals surface area (Å²) < 4.78 is 6.82. The van der Waals surface area contributed by atoms with Crippen LogP contribution in [0.2, 0.25) is 0 Å². The van der Waals surface area contributed by atoms with Gasteiger partial charge in [-0.2, -0.15) is 5.10 Å². The number of aromatic nitrogens is 4. The summed E-state index contributed by atoms with van der Waals surface area (Å²) in [5.41, 5.74) is 2.34. The predicted octanol–water partition coefficient (Wildman–Crippen LogP) is 2.33. The van der Waals surface area contributed by atoms with E-state index in [1.807, 2.05) is 0 Å². The lowest BCUT2D eigenvalue weighted by Crippen LogP contribution is -2.33. The number of anilines is 1. The largest absolute Gasteiger partial charge is 0.377 e. The predicted molar refractivity (Wildman–Crippen MR) is 96.1 cm³/mol. The van der Waals surface area contributed by atoms with Crippen LogP contribution in [0.4, 0.5) is 5.13 Å². The molecule has 4 rings (SSSR count). The monoisotopic (exact) mass is 361 g/mol. The van der Waals surface area contributed by atoms with Crippen LogP contribution in [0.1, 0.15) is 54.4 Å². The number of hydrogen-bond acceptors (Lipinski definition) is 7. The number of hydrogen-bond donors (Lipinski definition) is 1. The van der Waals surface area contributed by atoms with E-state index in [-0.39, 0.29) is 11.6 Å². The van der Waals surface area contributed by atoms with Gasteiger partial charge in [0.15, 0.2) is 0 Å². The van der Waals surface area contributed by atoms with E-state index >= 15 is 0 Å². The van der Waals surface area contributed by atoms with Crippen LogP contribution in [0.3, 0.4) is 0 Å². The summed E-state index contributed by atoms with van der Waals surface area (Å²) in [6, 6.07) is 2.40. The standard InChI is InChI=1S/C17H23N5O2S/c1-24-10-15-19-20-17(25-15)18-12-5-7-13(8-6-12)22-16(23)9-11-3-2-4-14(11)21-22/h9,12-13H,2-8,10H2,1H3,(H,18,20). The van der Waals surface area contributed by atoms with Gasteiger partial charge in [-0.1, -0.05) is 11.3 Å². The van der Waals surface area contributed by atoms with E-state index in [0.717, 1.165) is 66.3 Å². The van der Waals surface area contributed by atoms with Crippen molar-refractivity contribution in [2.24, 2.45) is 0 Å². The molecule has 0 unspecified atom stereocenters. The Morgan fingerprint density at radius 3 is 2.92 bits per heavy atom. The van der Waals surface area contributed by atoms with Gasteiger partial charge < -0.3 is 10.1 Å². The number of nitrogens with zero attached hydrogens (tertiary/aromatic N) is 4. The first-order chi connectivity index (χ1) is 12.2. The first-order valence-corrected chi connectivity index (χ1v) is 9.74. The Balaban J connectivity index is 1.37. The van der Waals surface area contributed by atoms with Crippen LogP contribution in [-0.4, -0.2) is 33.1 Å². The molecular formula is C17H23N5O2S. The van der Waals surface area contributed by atoms with E-state index in [4.69, 9.17) is 4.74 Å². The molecule has 1 saturated carbocycles. The third kappa shape index (κ3) is 3.59. The Kier molecular flexibility index (Phi) is 4.80. The summed E-state index contributed by atoms with van der Waals surface area (Å²) in [6.07, 6.45) is 7.08. The van der Waals surface area contributed by atoms with Crippen LogP contribution in [0.5, 0.6) is 0 Å². The highest BCUT2D eigenvalue weighted by atomic mass is 32.1. The van der Waals surface area contributed by atoms with Crippen LogP contribution < -0.4 is 10.9 Å². The molecule has 0 bridgehead atoms. The van der Waals surface area contributed by atoms with Gasteiger partial charge in [-0.25, -0.2) is 4.68 Å². The highest BCUT2D eigenvalue weighted by Crippen LogP contribution is 2.30. The summed E-state index contributed by atoms with van der Waals surface area (Å²) in [6.45, 7) is 0.499. The fourth-order valence-electron chi connectivity index (χ4n) is 3.81. The van der Waals surface area contributed by atoms with Crippen molar-refractivity contribution in [2.75, 3.05) is 12.4 Å². The molecule has 0 aliphatic heterocycles. The number of ether oxygens (including phenoxy) is 1. The lowest BCUT2D eigenvalue weighted by molar-refractivity contribution is 0.184. The van der Waals surface area contributed by atoms with Crippen LogP contribution in [0.15, 0.2) is 10.9 Å². The lowest BCUT2D eigenvalue weighted by Gasteiger charge is -2.29. The smallest absolute Gasteiger partial charge is 0.267 e. The van der Waals surface area contributed by atoms with Gasteiger partial charge in [-0.05, 0) is 50.5 Å². The second-order valence-corrected chi connectivity index (χ2v) is 7.90. The Bertz CT molecular complexity index is 795. The van der Waals surface area contributed by atoms with E-state index in [0.29, 0.717) is 12.6 Å². The second-order valence-electron chi connectivity index (χ2n) is 6.84. The van der Waals surface area contributed by atoms with E-state index in [1.54, 1.807) is 17.9 Å². The molecule has 0 spiro atoms. The number of rotatable bonds is 5. The van der Waals surface area contributed by atoms with Crippen molar-refractivity contribution in [1.82, 2.24) is 20.0 Å². The Hall–Kier alpha value is -1.80. The minimum atomic E-state index is 0.0605. The third-order valence-corrected chi connectivity index (χ3v) is 5.92. The van der Waals surface area contributed by atoms with Crippen LogP contribution in [-0.2, 0) is 24.2 Å². The molecule has 0 saturated heterocycles. The maximum atomic E-state index is 12.4. The fourth-order valence-corrected chi connectivity index (χ4v) is 4.60. The maximum Gasteiger partial charge on any atom is 0.267 e. The maximum absolute atomic E-state index is 12.4. The van der Waals surface area contributed by atoms with Crippen LogP contribution in [0, 0.1) is 0 Å². The van der Waals surface area contributed by atoms with Crippen molar-refractivity contribution < 1.29 is 4.74 Å². The fraction of sp³-hybridized carbons (Fsp3) is 0.647. The number of aryl methyl sites for hydroxylation is 2. The van der Waals surface area contributed by atoms with Gasteiger partial charge in [0, 0.05) is 19.2 Å². The third-order valence-electron chi connectivity index (χ3n) is 5.09. The SMILES string of the molecule is COCc1nnc(NC2CCC(n3nc4c(cc3=O)CCC4)CC2)s1. The molecule has 134 valence electrons. The number of nitrogens with one attached hydrogen (secondary N) is 1. The molecule has 0 radical (unpaired) electrons. The van der Waals surface area contributed by atoms with Gasteiger partial charge in [0.25, 0.3) is 5.56 Å². The van der Waals surface area contributed by atoms with E-state index < -0.39 is 0 Å². The topological polar surface area (TPSA) is 81.9 Å². The minimum Gasteiger partial charge on any atom is -0.377 e. The van der Waals surface area contributed by atoms with Gasteiger partial charge in [0.05, 0.1) is 11.7 Å². The van der Waals surface area contributed by atoms with Crippen molar-refractivity contribution in [1.29, 1.82) is 0 Å². The minimum absolute atomic E-state index is 0.0605. The van der Waals surface area contributed by atoms with Gasteiger partial charge >= 0.3 is 0 Å². The average Bonchev–Trinajstić information content (AvgIpc) is 3.24. The molecule has 2 heterocycles. The second kappa shape index (κ2) is 7.21. The zero-order valence-corrected chi connectivity index (χ0v) is 15.2. The molecular weight excluding hydrogens is 338 g/mol. The van der Waals surface area contributed by atoms with Crippen LogP contribution in [0.25, 0.3) is 0 Å². The molecule has 2 aliphatic rings. The van der Waals surface area contributed by atoms with Gasteiger partial charge in [0.2, 0.25) is 5.13 Å². The van der Waals surface area contributed by atoms with Crippen molar-refractivity contribution in [3.8, 4) is 0 Å². The number of fused-ring (bicyclic) bond motifs is 1. The molecule has 0 atom stereocenters. The molecule has 25 heavy (non-hydrogen) atoms. The Morgan fingerprint density at radius 2 is 2.12 bits per heavy atom. The van der Waals surface area contributed by atoms with E-state index in [1.165, 1.54) is 11.3 Å². The summed E-state index contributed by atoms with van der Waals surface area (Å²) in [4.78, 5) is 12.4. The van der Waals surface area contributed by atoms with Gasteiger partial charge in [0.1, 0.15) is 11.6 Å². The molecule has 0 aromatic carbocycles. The number of methoxy groups -OCH3 is 1. The zero-order chi connectivity index (χ0) is 17.2. The summed E-state index contributed by atoms with van der Waals surface area (Å²) >= 11 is 1.54. The van der Waals surface area contributed by atoms with Gasteiger partial charge in [-0.15, -0.1) is 10.2 Å². The molecule has 1 fully saturated rings. The molecule has 2 aromatic rings. The Morgan fingerprint density at radius 1 is 1.28 bits per heavy atom. The summed E-state index contributed by atoms with van der Waals surface area (Å²) in [7, 11) is 1.66. The summed E-state index contributed by atoms with van der Waals surface area (Å²) in [5.74, 6) is 0. The molecule has 2 aliphatic carbocycles. The molecule has 7 nitrogen and oxygen atoms in total. The van der Waals surface area contributed by atoms with Crippen molar-refractivity contribution in [3.63, 3.8) is 0 Å². The van der Waals surface area contributed by atoms with Crippen molar-refractivity contribution in [2.45, 2.75) is 63.6 Å². The molecule has 0 amide bonds. The summed E-state index contributed by atoms with van der Waals surface area (Å²) in [5, 5.41) is 18.1. The Labute approximate surface area is 150 Å².